The fraction of sp³-hybridized carbons (Fsp3) is 0.269. The Labute approximate surface area is 189 Å². The Morgan fingerprint density at radius 1 is 0.871 bits per heavy atom. The molecule has 0 aromatic heterocycles. The van der Waals surface area contributed by atoms with Gasteiger partial charge in [0.1, 0.15) is 18.1 Å². The van der Waals surface area contributed by atoms with Crippen molar-refractivity contribution in [2.75, 3.05) is 11.9 Å². The first-order valence-electron chi connectivity index (χ1n) is 10.6. The third kappa shape index (κ3) is 5.80. The second-order valence-electron chi connectivity index (χ2n) is 7.11. The van der Waals surface area contributed by atoms with E-state index in [9.17, 15) is 4.79 Å². The molecule has 0 aliphatic carbocycles. The first-order valence-corrected chi connectivity index (χ1v) is 11.0. The highest BCUT2D eigenvalue weighted by molar-refractivity contribution is 6.30. The second kappa shape index (κ2) is 10.9. The SMILES string of the molecule is CCOc1ccc(C(=O)Nc2c(CC)cccc2CC)cc1COc1cccc(Cl)c1. The van der Waals surface area contributed by atoms with E-state index in [2.05, 4.69) is 31.3 Å². The Morgan fingerprint density at radius 2 is 1.58 bits per heavy atom. The molecule has 3 rings (SSSR count). The summed E-state index contributed by atoms with van der Waals surface area (Å²) >= 11 is 6.04. The molecule has 3 aromatic carbocycles. The molecule has 0 saturated heterocycles. The van der Waals surface area contributed by atoms with Crippen molar-refractivity contribution < 1.29 is 14.3 Å². The number of aryl methyl sites for hydroxylation is 2. The normalized spacial score (nSPS) is 10.6. The van der Waals surface area contributed by atoms with Crippen molar-refractivity contribution in [3.05, 3.63) is 87.9 Å². The van der Waals surface area contributed by atoms with E-state index in [1.54, 1.807) is 18.2 Å². The molecule has 5 heteroatoms. The topological polar surface area (TPSA) is 47.6 Å². The zero-order valence-corrected chi connectivity index (χ0v) is 19.0. The van der Waals surface area contributed by atoms with Crippen LogP contribution in [0.1, 0.15) is 47.8 Å². The summed E-state index contributed by atoms with van der Waals surface area (Å²) in [4.78, 5) is 13.1. The summed E-state index contributed by atoms with van der Waals surface area (Å²) in [5.41, 5.74) is 4.52. The Morgan fingerprint density at radius 3 is 2.23 bits per heavy atom. The Bertz CT molecular complexity index is 1030. The summed E-state index contributed by atoms with van der Waals surface area (Å²) in [5, 5.41) is 3.73. The van der Waals surface area contributed by atoms with E-state index in [-0.39, 0.29) is 12.5 Å². The van der Waals surface area contributed by atoms with Crippen LogP contribution in [0.4, 0.5) is 5.69 Å². The smallest absolute Gasteiger partial charge is 0.255 e. The van der Waals surface area contributed by atoms with Crippen molar-refractivity contribution in [2.24, 2.45) is 0 Å². The largest absolute Gasteiger partial charge is 0.493 e. The van der Waals surface area contributed by atoms with E-state index in [0.717, 1.165) is 35.2 Å². The first kappa shape index (κ1) is 22.7. The second-order valence-corrected chi connectivity index (χ2v) is 7.55. The molecule has 0 fully saturated rings. The zero-order chi connectivity index (χ0) is 22.2. The van der Waals surface area contributed by atoms with E-state index in [4.69, 9.17) is 21.1 Å². The van der Waals surface area contributed by atoms with Crippen molar-refractivity contribution in [1.29, 1.82) is 0 Å². The van der Waals surface area contributed by atoms with Crippen molar-refractivity contribution in [3.63, 3.8) is 0 Å². The molecule has 0 saturated carbocycles. The number of halogens is 1. The van der Waals surface area contributed by atoms with Crippen LogP contribution in [0, 0.1) is 0 Å². The van der Waals surface area contributed by atoms with E-state index in [1.807, 2.05) is 37.3 Å². The molecule has 0 radical (unpaired) electrons. The van der Waals surface area contributed by atoms with Gasteiger partial charge in [0.2, 0.25) is 0 Å². The molecule has 0 atom stereocenters. The number of para-hydroxylation sites is 1. The molecule has 0 spiro atoms. The average Bonchev–Trinajstić information content (AvgIpc) is 2.78. The molecule has 0 bridgehead atoms. The van der Waals surface area contributed by atoms with Crippen LogP contribution in [0.5, 0.6) is 11.5 Å². The van der Waals surface area contributed by atoms with Gasteiger partial charge >= 0.3 is 0 Å². The van der Waals surface area contributed by atoms with Crippen LogP contribution in [-0.2, 0) is 19.4 Å². The minimum Gasteiger partial charge on any atom is -0.493 e. The fourth-order valence-corrected chi connectivity index (χ4v) is 3.62. The first-order chi connectivity index (χ1) is 15.0. The van der Waals surface area contributed by atoms with Crippen LogP contribution in [0.25, 0.3) is 0 Å². The summed E-state index contributed by atoms with van der Waals surface area (Å²) in [6, 6.07) is 18.8. The summed E-state index contributed by atoms with van der Waals surface area (Å²) < 4.78 is 11.6. The van der Waals surface area contributed by atoms with Crippen LogP contribution in [0.2, 0.25) is 5.02 Å². The number of amides is 1. The zero-order valence-electron chi connectivity index (χ0n) is 18.2. The standard InChI is InChI=1S/C26H28ClNO3/c1-4-18-9-7-10-19(5-2)25(18)28-26(29)20-13-14-24(30-6-3)21(15-20)17-31-23-12-8-11-22(27)16-23/h7-16H,4-6,17H2,1-3H3,(H,28,29). The van der Waals surface area contributed by atoms with Gasteiger partial charge in [-0.15, -0.1) is 0 Å². The predicted octanol–water partition coefficient (Wildman–Crippen LogP) is 6.69. The number of benzene rings is 3. The lowest BCUT2D eigenvalue weighted by molar-refractivity contribution is 0.102. The summed E-state index contributed by atoms with van der Waals surface area (Å²) in [6.45, 7) is 6.90. The lowest BCUT2D eigenvalue weighted by atomic mass is 10.0. The average molecular weight is 438 g/mol. The molecule has 3 aromatic rings. The van der Waals surface area contributed by atoms with Crippen LogP contribution >= 0.6 is 11.6 Å². The molecule has 31 heavy (non-hydrogen) atoms. The molecule has 0 aliphatic heterocycles. The molecule has 0 aliphatic rings. The van der Waals surface area contributed by atoms with E-state index >= 15 is 0 Å². The molecular formula is C26H28ClNO3. The maximum atomic E-state index is 13.1. The molecule has 4 nitrogen and oxygen atoms in total. The lowest BCUT2D eigenvalue weighted by Crippen LogP contribution is -2.15. The summed E-state index contributed by atoms with van der Waals surface area (Å²) in [5.74, 6) is 1.21. The number of carbonyl (C=O) groups is 1. The molecule has 1 amide bonds. The van der Waals surface area contributed by atoms with Crippen LogP contribution in [0.15, 0.2) is 60.7 Å². The highest BCUT2D eigenvalue weighted by atomic mass is 35.5. The van der Waals surface area contributed by atoms with Crippen molar-refractivity contribution >= 4 is 23.2 Å². The molecule has 1 N–H and O–H groups in total. The van der Waals surface area contributed by atoms with Crippen LogP contribution in [-0.4, -0.2) is 12.5 Å². The number of hydrogen-bond acceptors (Lipinski definition) is 3. The molecule has 162 valence electrons. The predicted molar refractivity (Wildman–Crippen MR) is 127 cm³/mol. The maximum absolute atomic E-state index is 13.1. The summed E-state index contributed by atoms with van der Waals surface area (Å²) in [6.07, 6.45) is 1.71. The quantitative estimate of drug-likeness (QED) is 0.405. The minimum atomic E-state index is -0.150. The third-order valence-corrected chi connectivity index (χ3v) is 5.29. The number of rotatable bonds is 9. The van der Waals surface area contributed by atoms with Crippen molar-refractivity contribution in [1.82, 2.24) is 0 Å². The van der Waals surface area contributed by atoms with Gasteiger partial charge in [-0.05, 0) is 67.3 Å². The minimum absolute atomic E-state index is 0.150. The van der Waals surface area contributed by atoms with Crippen LogP contribution < -0.4 is 14.8 Å². The maximum Gasteiger partial charge on any atom is 0.255 e. The van der Waals surface area contributed by atoms with Crippen LogP contribution in [0.3, 0.4) is 0 Å². The van der Waals surface area contributed by atoms with Crippen molar-refractivity contribution in [2.45, 2.75) is 40.2 Å². The highest BCUT2D eigenvalue weighted by Crippen LogP contribution is 2.26. The lowest BCUT2D eigenvalue weighted by Gasteiger charge is -2.16. The van der Waals surface area contributed by atoms with E-state index in [1.165, 1.54) is 0 Å². The van der Waals surface area contributed by atoms with E-state index < -0.39 is 0 Å². The van der Waals surface area contributed by atoms with Gasteiger partial charge in [0.05, 0.1) is 6.61 Å². The monoisotopic (exact) mass is 437 g/mol. The van der Waals surface area contributed by atoms with E-state index in [0.29, 0.717) is 28.7 Å². The number of nitrogens with one attached hydrogen (secondary N) is 1. The summed E-state index contributed by atoms with van der Waals surface area (Å²) in [7, 11) is 0. The number of ether oxygens (including phenoxy) is 2. The number of hydrogen-bond donors (Lipinski definition) is 1. The Kier molecular flexibility index (Phi) is 7.96. The van der Waals surface area contributed by atoms with Gasteiger partial charge < -0.3 is 14.8 Å². The Hall–Kier alpha value is -2.98. The van der Waals surface area contributed by atoms with Gasteiger partial charge in [0.15, 0.2) is 0 Å². The highest BCUT2D eigenvalue weighted by Gasteiger charge is 2.15. The fourth-order valence-electron chi connectivity index (χ4n) is 3.44. The number of anilines is 1. The Balaban J connectivity index is 1.85. The third-order valence-electron chi connectivity index (χ3n) is 5.05. The molecule has 0 unspecified atom stereocenters. The van der Waals surface area contributed by atoms with Gasteiger partial charge in [-0.2, -0.15) is 0 Å². The molecule has 0 heterocycles. The van der Waals surface area contributed by atoms with Gasteiger partial charge in [-0.3, -0.25) is 4.79 Å². The van der Waals surface area contributed by atoms with Crippen molar-refractivity contribution in [3.8, 4) is 11.5 Å². The van der Waals surface area contributed by atoms with Gasteiger partial charge in [0.25, 0.3) is 5.91 Å². The van der Waals surface area contributed by atoms with Gasteiger partial charge in [-0.1, -0.05) is 49.7 Å². The number of carbonyl (C=O) groups excluding carboxylic acids is 1. The van der Waals surface area contributed by atoms with Gasteiger partial charge in [-0.25, -0.2) is 0 Å². The molecular weight excluding hydrogens is 410 g/mol. The van der Waals surface area contributed by atoms with Gasteiger partial charge in [0, 0.05) is 21.8 Å².